The van der Waals surface area contributed by atoms with E-state index in [0.717, 1.165) is 17.9 Å². The van der Waals surface area contributed by atoms with Gasteiger partial charge in [0.2, 0.25) is 0 Å². The van der Waals surface area contributed by atoms with E-state index in [2.05, 4.69) is 36.0 Å². The molecule has 16 heavy (non-hydrogen) atoms. The van der Waals surface area contributed by atoms with Crippen molar-refractivity contribution in [2.75, 3.05) is 6.54 Å². The van der Waals surface area contributed by atoms with Crippen LogP contribution in [0.5, 0.6) is 0 Å². The van der Waals surface area contributed by atoms with Crippen LogP contribution in [0.4, 0.5) is 0 Å². The fourth-order valence-electron chi connectivity index (χ4n) is 2.47. The van der Waals surface area contributed by atoms with Crippen molar-refractivity contribution in [3.05, 3.63) is 22.4 Å². The van der Waals surface area contributed by atoms with Crippen molar-refractivity contribution in [1.29, 1.82) is 0 Å². The molecule has 1 N–H and O–H groups in total. The summed E-state index contributed by atoms with van der Waals surface area (Å²) in [6.07, 6.45) is 5.24. The fourth-order valence-corrected chi connectivity index (χ4v) is 3.17. The highest BCUT2D eigenvalue weighted by Crippen LogP contribution is 2.41. The summed E-state index contributed by atoms with van der Waals surface area (Å²) >= 11 is 1.81. The summed E-state index contributed by atoms with van der Waals surface area (Å²) in [6.45, 7) is 5.81. The first-order valence-electron chi connectivity index (χ1n) is 6.55. The second-order valence-corrected chi connectivity index (χ2v) is 5.89. The normalized spacial score (nSPS) is 25.6. The first kappa shape index (κ1) is 12.1. The van der Waals surface area contributed by atoms with Gasteiger partial charge >= 0.3 is 0 Å². The van der Waals surface area contributed by atoms with Gasteiger partial charge in [-0.15, -0.1) is 0 Å². The van der Waals surface area contributed by atoms with Crippen LogP contribution in [0, 0.1) is 11.8 Å². The Morgan fingerprint density at radius 1 is 1.56 bits per heavy atom. The third-order valence-corrected chi connectivity index (χ3v) is 4.40. The summed E-state index contributed by atoms with van der Waals surface area (Å²) < 4.78 is 0. The predicted molar refractivity (Wildman–Crippen MR) is 72.0 cm³/mol. The molecule has 0 aliphatic heterocycles. The van der Waals surface area contributed by atoms with Gasteiger partial charge in [0.05, 0.1) is 0 Å². The molecule has 1 aromatic heterocycles. The molecule has 90 valence electrons. The first-order chi connectivity index (χ1) is 7.81. The Labute approximate surface area is 103 Å². The standard InChI is InChI=1S/C14H23NS/c1-3-7-15-14(13-9-11(13)2)5-4-12-6-8-16-10-12/h6,8,10-11,13-15H,3-5,7,9H2,1-2H3. The molecule has 0 aromatic carbocycles. The van der Waals surface area contributed by atoms with E-state index in [9.17, 15) is 0 Å². The molecule has 1 aromatic rings. The SMILES string of the molecule is CCCNC(CCc1ccsc1)C1CC1C. The maximum Gasteiger partial charge on any atom is 0.0101 e. The Balaban J connectivity index is 1.77. The molecule has 0 bridgehead atoms. The molecule has 0 radical (unpaired) electrons. The van der Waals surface area contributed by atoms with E-state index in [1.807, 2.05) is 11.3 Å². The van der Waals surface area contributed by atoms with Gasteiger partial charge in [-0.3, -0.25) is 0 Å². The lowest BCUT2D eigenvalue weighted by molar-refractivity contribution is 0.421. The number of thiophene rings is 1. The van der Waals surface area contributed by atoms with Gasteiger partial charge in [0.25, 0.3) is 0 Å². The molecular formula is C14H23NS. The average Bonchev–Trinajstić information content (AvgIpc) is 2.82. The van der Waals surface area contributed by atoms with Gasteiger partial charge in [-0.25, -0.2) is 0 Å². The fraction of sp³-hybridized carbons (Fsp3) is 0.714. The first-order valence-corrected chi connectivity index (χ1v) is 7.50. The lowest BCUT2D eigenvalue weighted by Gasteiger charge is -2.18. The molecule has 3 unspecified atom stereocenters. The van der Waals surface area contributed by atoms with Gasteiger partial charge in [-0.2, -0.15) is 11.3 Å². The second-order valence-electron chi connectivity index (χ2n) is 5.11. The van der Waals surface area contributed by atoms with Gasteiger partial charge in [-0.05, 0) is 66.5 Å². The van der Waals surface area contributed by atoms with E-state index >= 15 is 0 Å². The van der Waals surface area contributed by atoms with E-state index < -0.39 is 0 Å². The maximum absolute atomic E-state index is 3.73. The summed E-state index contributed by atoms with van der Waals surface area (Å²) in [5.41, 5.74) is 1.52. The zero-order valence-corrected chi connectivity index (χ0v) is 11.2. The van der Waals surface area contributed by atoms with Gasteiger partial charge in [0.15, 0.2) is 0 Å². The Morgan fingerprint density at radius 3 is 2.94 bits per heavy atom. The van der Waals surface area contributed by atoms with Crippen LogP contribution >= 0.6 is 11.3 Å². The number of rotatable bonds is 7. The van der Waals surface area contributed by atoms with Crippen molar-refractivity contribution in [2.24, 2.45) is 11.8 Å². The van der Waals surface area contributed by atoms with Crippen molar-refractivity contribution in [2.45, 2.75) is 45.6 Å². The van der Waals surface area contributed by atoms with Crippen LogP contribution in [-0.2, 0) is 6.42 Å². The maximum atomic E-state index is 3.73. The van der Waals surface area contributed by atoms with Crippen molar-refractivity contribution < 1.29 is 0 Å². The molecule has 1 saturated carbocycles. The molecule has 1 fully saturated rings. The summed E-state index contributed by atoms with van der Waals surface area (Å²) in [7, 11) is 0. The van der Waals surface area contributed by atoms with Gasteiger partial charge in [0, 0.05) is 6.04 Å². The van der Waals surface area contributed by atoms with Gasteiger partial charge in [0.1, 0.15) is 0 Å². The van der Waals surface area contributed by atoms with Crippen LogP contribution in [0.2, 0.25) is 0 Å². The summed E-state index contributed by atoms with van der Waals surface area (Å²) in [4.78, 5) is 0. The lowest BCUT2D eigenvalue weighted by atomic mass is 10.0. The van der Waals surface area contributed by atoms with Crippen LogP contribution in [0.1, 0.15) is 38.7 Å². The Bertz CT molecular complexity index is 294. The molecule has 1 aliphatic rings. The minimum atomic E-state index is 0.759. The second kappa shape index (κ2) is 5.83. The van der Waals surface area contributed by atoms with Crippen molar-refractivity contribution in [3.63, 3.8) is 0 Å². The molecule has 0 saturated heterocycles. The third-order valence-electron chi connectivity index (χ3n) is 3.67. The average molecular weight is 237 g/mol. The number of nitrogens with one attached hydrogen (secondary N) is 1. The molecule has 0 spiro atoms. The van der Waals surface area contributed by atoms with Crippen LogP contribution in [0.15, 0.2) is 16.8 Å². The number of hydrogen-bond donors (Lipinski definition) is 1. The Morgan fingerprint density at radius 2 is 2.38 bits per heavy atom. The molecule has 1 heterocycles. The molecule has 2 heteroatoms. The highest BCUT2D eigenvalue weighted by Gasteiger charge is 2.38. The molecule has 0 amide bonds. The van der Waals surface area contributed by atoms with Crippen molar-refractivity contribution in [3.8, 4) is 0 Å². The van der Waals surface area contributed by atoms with Crippen LogP contribution in [-0.4, -0.2) is 12.6 Å². The number of aryl methyl sites for hydroxylation is 1. The zero-order valence-electron chi connectivity index (χ0n) is 10.4. The zero-order chi connectivity index (χ0) is 11.4. The molecule has 3 atom stereocenters. The summed E-state index contributed by atoms with van der Waals surface area (Å²) in [6, 6.07) is 3.02. The van der Waals surface area contributed by atoms with E-state index in [4.69, 9.17) is 0 Å². The van der Waals surface area contributed by atoms with Crippen LogP contribution in [0.3, 0.4) is 0 Å². The molecule has 2 rings (SSSR count). The highest BCUT2D eigenvalue weighted by molar-refractivity contribution is 7.07. The molecular weight excluding hydrogens is 214 g/mol. The van der Waals surface area contributed by atoms with Crippen molar-refractivity contribution in [1.82, 2.24) is 5.32 Å². The van der Waals surface area contributed by atoms with Gasteiger partial charge in [-0.1, -0.05) is 13.8 Å². The van der Waals surface area contributed by atoms with Gasteiger partial charge < -0.3 is 5.32 Å². The molecule has 1 aliphatic carbocycles. The summed E-state index contributed by atoms with van der Waals surface area (Å²) in [5, 5.41) is 8.20. The van der Waals surface area contributed by atoms with E-state index in [-0.39, 0.29) is 0 Å². The van der Waals surface area contributed by atoms with E-state index in [1.165, 1.54) is 37.8 Å². The lowest BCUT2D eigenvalue weighted by Crippen LogP contribution is -2.32. The largest absolute Gasteiger partial charge is 0.314 e. The minimum absolute atomic E-state index is 0.759. The van der Waals surface area contributed by atoms with Crippen molar-refractivity contribution >= 4 is 11.3 Å². The Kier molecular flexibility index (Phi) is 4.42. The van der Waals surface area contributed by atoms with Crippen LogP contribution in [0.25, 0.3) is 0 Å². The summed E-state index contributed by atoms with van der Waals surface area (Å²) in [5.74, 6) is 1.90. The van der Waals surface area contributed by atoms with Crippen LogP contribution < -0.4 is 5.32 Å². The number of hydrogen-bond acceptors (Lipinski definition) is 2. The van der Waals surface area contributed by atoms with E-state index in [1.54, 1.807) is 0 Å². The third kappa shape index (κ3) is 3.33. The molecule has 1 nitrogen and oxygen atoms in total. The highest BCUT2D eigenvalue weighted by atomic mass is 32.1. The minimum Gasteiger partial charge on any atom is -0.314 e. The predicted octanol–water partition coefficient (Wildman–Crippen LogP) is 3.70. The van der Waals surface area contributed by atoms with E-state index in [0.29, 0.717) is 0 Å². The topological polar surface area (TPSA) is 12.0 Å². The Hall–Kier alpha value is -0.340. The quantitative estimate of drug-likeness (QED) is 0.762. The smallest absolute Gasteiger partial charge is 0.0101 e. The monoisotopic (exact) mass is 237 g/mol.